The van der Waals surface area contributed by atoms with Crippen molar-refractivity contribution in [1.29, 1.82) is 0 Å². The van der Waals surface area contributed by atoms with Crippen LogP contribution in [0, 0.1) is 0 Å². The van der Waals surface area contributed by atoms with Gasteiger partial charge >= 0.3 is 0 Å². The predicted octanol–water partition coefficient (Wildman–Crippen LogP) is 5.91. The zero-order valence-electron chi connectivity index (χ0n) is 20.9. The number of allylic oxidation sites excluding steroid dienone is 3. The van der Waals surface area contributed by atoms with Gasteiger partial charge in [0.2, 0.25) is 0 Å². The van der Waals surface area contributed by atoms with Crippen molar-refractivity contribution in [2.45, 2.75) is 6.42 Å². The molecule has 5 nitrogen and oxygen atoms in total. The molecule has 188 valence electrons. The Bertz CT molecular complexity index is 1360. The zero-order valence-corrected chi connectivity index (χ0v) is 20.9. The maximum atomic E-state index is 12.5. The van der Waals surface area contributed by atoms with E-state index >= 15 is 0 Å². The van der Waals surface area contributed by atoms with Gasteiger partial charge in [0.1, 0.15) is 24.7 Å². The average Bonchev–Trinajstić information content (AvgIpc) is 2.92. The summed E-state index contributed by atoms with van der Waals surface area (Å²) in [5, 5.41) is 4.36. The van der Waals surface area contributed by atoms with Crippen LogP contribution in [0.25, 0.3) is 33.7 Å². The Morgan fingerprint density at radius 3 is 1.65 bits per heavy atom. The van der Waals surface area contributed by atoms with E-state index in [1.807, 2.05) is 78.9 Å². The van der Waals surface area contributed by atoms with Gasteiger partial charge in [-0.05, 0) is 80.7 Å². The fourth-order valence-corrected chi connectivity index (χ4v) is 3.97. The number of benzene rings is 4. The first-order valence-electron chi connectivity index (χ1n) is 12.3. The molecule has 4 N–H and O–H groups in total. The summed E-state index contributed by atoms with van der Waals surface area (Å²) in [6.07, 6.45) is 7.59. The first-order valence-corrected chi connectivity index (χ1v) is 12.3. The number of fused-ring (bicyclic) bond motifs is 2. The lowest BCUT2D eigenvalue weighted by molar-refractivity contribution is -0.113. The van der Waals surface area contributed by atoms with E-state index in [4.69, 9.17) is 20.9 Å². The molecule has 0 radical (unpaired) electrons. The second kappa shape index (κ2) is 12.7. The third-order valence-corrected chi connectivity index (χ3v) is 5.82. The highest BCUT2D eigenvalue weighted by atomic mass is 16.5. The number of ketones is 1. The van der Waals surface area contributed by atoms with E-state index in [1.54, 1.807) is 6.08 Å². The molecule has 0 saturated heterocycles. The van der Waals surface area contributed by atoms with Crippen LogP contribution in [0.2, 0.25) is 0 Å². The lowest BCUT2D eigenvalue weighted by Crippen LogP contribution is -2.10. The molecule has 0 bridgehead atoms. The smallest absolute Gasteiger partial charge is 0.160 e. The molecule has 5 heteroatoms. The molecule has 0 saturated carbocycles. The molecule has 0 amide bonds. The highest BCUT2D eigenvalue weighted by Crippen LogP contribution is 2.24. The van der Waals surface area contributed by atoms with Crippen LogP contribution in [0.3, 0.4) is 0 Å². The number of nitrogens with two attached hydrogens (primary N) is 2. The molecule has 0 aromatic heterocycles. The first kappa shape index (κ1) is 25.9. The van der Waals surface area contributed by atoms with E-state index in [0.717, 1.165) is 49.7 Å². The van der Waals surface area contributed by atoms with Crippen LogP contribution in [0.15, 0.2) is 97.1 Å². The summed E-state index contributed by atoms with van der Waals surface area (Å²) in [4.78, 5) is 12.5. The molecular formula is C32H32N2O3. The zero-order chi connectivity index (χ0) is 26.0. The van der Waals surface area contributed by atoms with Gasteiger partial charge in [-0.1, -0.05) is 61.2 Å². The van der Waals surface area contributed by atoms with Crippen molar-refractivity contribution in [3.63, 3.8) is 0 Å². The summed E-state index contributed by atoms with van der Waals surface area (Å²) in [5.41, 5.74) is 13.8. The van der Waals surface area contributed by atoms with Crippen LogP contribution in [0.4, 0.5) is 0 Å². The molecule has 4 rings (SSSR count). The van der Waals surface area contributed by atoms with Gasteiger partial charge in [-0.15, -0.1) is 0 Å². The van der Waals surface area contributed by atoms with Gasteiger partial charge in [0.05, 0.1) is 0 Å². The van der Waals surface area contributed by atoms with E-state index in [2.05, 4.69) is 18.7 Å². The summed E-state index contributed by atoms with van der Waals surface area (Å²) in [6.45, 7) is 6.00. The molecule has 0 aliphatic heterocycles. The van der Waals surface area contributed by atoms with Gasteiger partial charge in [-0.2, -0.15) is 0 Å². The van der Waals surface area contributed by atoms with Crippen molar-refractivity contribution in [2.75, 3.05) is 26.3 Å². The Morgan fingerprint density at radius 1 is 0.676 bits per heavy atom. The maximum absolute atomic E-state index is 12.5. The minimum Gasteiger partial charge on any atom is -0.492 e. The Balaban J connectivity index is 1.33. The summed E-state index contributed by atoms with van der Waals surface area (Å²) < 4.78 is 11.2. The van der Waals surface area contributed by atoms with Crippen LogP contribution < -0.4 is 20.9 Å². The largest absolute Gasteiger partial charge is 0.492 e. The molecule has 0 aliphatic rings. The second-order valence-electron chi connectivity index (χ2n) is 8.78. The summed E-state index contributed by atoms with van der Waals surface area (Å²) in [7, 11) is 0. The minimum atomic E-state index is 0.00352. The van der Waals surface area contributed by atoms with Gasteiger partial charge < -0.3 is 20.9 Å². The van der Waals surface area contributed by atoms with E-state index in [-0.39, 0.29) is 12.2 Å². The van der Waals surface area contributed by atoms with Crippen LogP contribution in [0.5, 0.6) is 11.5 Å². The Labute approximate surface area is 217 Å². The van der Waals surface area contributed by atoms with Gasteiger partial charge in [0.15, 0.2) is 5.78 Å². The van der Waals surface area contributed by atoms with Crippen LogP contribution in [-0.2, 0) is 4.79 Å². The Kier molecular flexibility index (Phi) is 8.87. The standard InChI is InChI=1S/C32H32N2O3/c1-23(2-3-24-4-7-28-21-31(36-16-14-33)12-9-26(28)19-24)18-30(35)11-6-25-5-8-29-22-32(37-17-15-34)13-10-27(29)20-25/h2-13,19-22H,1,14-18,33-34H2/b3-2+,11-6+. The quantitative estimate of drug-likeness (QED) is 0.190. The SMILES string of the molecule is C=C(/C=C/c1ccc2cc(OCCN)ccc2c1)CC(=O)/C=C/c1ccc2cc(OCCN)ccc2c1. The number of carbonyl (C=O) groups is 1. The minimum absolute atomic E-state index is 0.00352. The second-order valence-corrected chi connectivity index (χ2v) is 8.78. The topological polar surface area (TPSA) is 87.6 Å². The van der Waals surface area contributed by atoms with Crippen molar-refractivity contribution in [3.05, 3.63) is 108 Å². The van der Waals surface area contributed by atoms with Crippen LogP contribution in [0.1, 0.15) is 17.5 Å². The molecular weight excluding hydrogens is 460 g/mol. The third kappa shape index (κ3) is 7.40. The molecule has 37 heavy (non-hydrogen) atoms. The summed E-state index contributed by atoms with van der Waals surface area (Å²) in [5.74, 6) is 1.62. The molecule has 0 spiro atoms. The lowest BCUT2D eigenvalue weighted by Gasteiger charge is -2.06. The molecule has 0 aliphatic carbocycles. The van der Waals surface area contributed by atoms with Crippen LogP contribution in [-0.4, -0.2) is 32.1 Å². The number of hydrogen-bond acceptors (Lipinski definition) is 5. The van der Waals surface area contributed by atoms with Crippen molar-refractivity contribution >= 4 is 39.5 Å². The number of carbonyl (C=O) groups excluding carboxylic acids is 1. The summed E-state index contributed by atoms with van der Waals surface area (Å²) >= 11 is 0. The van der Waals surface area contributed by atoms with Gasteiger partial charge in [-0.3, -0.25) is 4.79 Å². The molecule has 0 atom stereocenters. The van der Waals surface area contributed by atoms with E-state index in [9.17, 15) is 4.79 Å². The van der Waals surface area contributed by atoms with Crippen molar-refractivity contribution in [1.82, 2.24) is 0 Å². The molecule has 4 aromatic rings. The van der Waals surface area contributed by atoms with Crippen molar-refractivity contribution < 1.29 is 14.3 Å². The van der Waals surface area contributed by atoms with Gasteiger partial charge in [-0.25, -0.2) is 0 Å². The fraction of sp³-hybridized carbons (Fsp3) is 0.156. The Morgan fingerprint density at radius 2 is 1.14 bits per heavy atom. The predicted molar refractivity (Wildman–Crippen MR) is 154 cm³/mol. The van der Waals surface area contributed by atoms with E-state index in [0.29, 0.717) is 26.3 Å². The van der Waals surface area contributed by atoms with E-state index < -0.39 is 0 Å². The first-order chi connectivity index (χ1) is 18.0. The average molecular weight is 493 g/mol. The molecule has 4 aromatic carbocycles. The van der Waals surface area contributed by atoms with Crippen LogP contribution >= 0.6 is 0 Å². The third-order valence-electron chi connectivity index (χ3n) is 5.82. The Hall–Kier alpha value is -4.19. The molecule has 0 heterocycles. The highest BCUT2D eigenvalue weighted by molar-refractivity contribution is 5.96. The molecule has 0 fully saturated rings. The monoisotopic (exact) mass is 492 g/mol. The van der Waals surface area contributed by atoms with Crippen molar-refractivity contribution in [3.8, 4) is 11.5 Å². The number of hydrogen-bond donors (Lipinski definition) is 2. The van der Waals surface area contributed by atoms with E-state index in [1.165, 1.54) is 0 Å². The maximum Gasteiger partial charge on any atom is 0.160 e. The number of ether oxygens (including phenoxy) is 2. The van der Waals surface area contributed by atoms with Gasteiger partial charge in [0.25, 0.3) is 0 Å². The lowest BCUT2D eigenvalue weighted by atomic mass is 10.0. The summed E-state index contributed by atoms with van der Waals surface area (Å²) in [6, 6.07) is 24.2. The fourth-order valence-electron chi connectivity index (χ4n) is 3.97. The normalized spacial score (nSPS) is 11.5. The van der Waals surface area contributed by atoms with Gasteiger partial charge in [0, 0.05) is 19.5 Å². The molecule has 0 unspecified atom stereocenters. The van der Waals surface area contributed by atoms with Crippen molar-refractivity contribution in [2.24, 2.45) is 11.5 Å². The highest BCUT2D eigenvalue weighted by Gasteiger charge is 2.02. The number of rotatable bonds is 12.